The zero-order chi connectivity index (χ0) is 19.9. The van der Waals surface area contributed by atoms with Gasteiger partial charge < -0.3 is 15.0 Å². The molecule has 1 N–H and O–H groups in total. The summed E-state index contributed by atoms with van der Waals surface area (Å²) >= 11 is 0. The lowest BCUT2D eigenvalue weighted by atomic mass is 10.1. The van der Waals surface area contributed by atoms with Crippen molar-refractivity contribution >= 4 is 12.0 Å². The molecule has 0 bridgehead atoms. The van der Waals surface area contributed by atoms with Gasteiger partial charge in [0, 0.05) is 26.2 Å². The van der Waals surface area contributed by atoms with Gasteiger partial charge in [-0.25, -0.2) is 4.79 Å². The number of hydrogen-bond acceptors (Lipinski definition) is 4. The summed E-state index contributed by atoms with van der Waals surface area (Å²) in [6.07, 6.45) is -0.513. The highest BCUT2D eigenvalue weighted by molar-refractivity contribution is 5.83. The van der Waals surface area contributed by atoms with Gasteiger partial charge in [-0.1, -0.05) is 60.2 Å². The molecule has 1 aliphatic heterocycles. The first-order valence-corrected chi connectivity index (χ1v) is 9.52. The van der Waals surface area contributed by atoms with Crippen LogP contribution in [0.3, 0.4) is 0 Å². The van der Waals surface area contributed by atoms with E-state index in [1.54, 1.807) is 0 Å². The third-order valence-corrected chi connectivity index (χ3v) is 4.96. The summed E-state index contributed by atoms with van der Waals surface area (Å²) in [6, 6.07) is 17.3. The molecular weight excluding hydrogens is 354 g/mol. The second kappa shape index (κ2) is 9.37. The molecule has 1 fully saturated rings. The van der Waals surface area contributed by atoms with E-state index >= 15 is 0 Å². The maximum absolute atomic E-state index is 12.9. The Kier molecular flexibility index (Phi) is 6.66. The molecule has 1 unspecified atom stereocenters. The minimum absolute atomic E-state index is 0.0265. The molecule has 6 nitrogen and oxygen atoms in total. The molecule has 2 aromatic carbocycles. The second-order valence-corrected chi connectivity index (χ2v) is 7.19. The van der Waals surface area contributed by atoms with Crippen molar-refractivity contribution in [2.45, 2.75) is 26.1 Å². The van der Waals surface area contributed by atoms with Gasteiger partial charge in [0.1, 0.15) is 12.6 Å². The number of rotatable bonds is 6. The van der Waals surface area contributed by atoms with Gasteiger partial charge in [-0.05, 0) is 25.1 Å². The quantitative estimate of drug-likeness (QED) is 0.835. The van der Waals surface area contributed by atoms with E-state index < -0.39 is 6.09 Å². The minimum Gasteiger partial charge on any atom is -0.445 e. The summed E-state index contributed by atoms with van der Waals surface area (Å²) in [6.45, 7) is 4.52. The summed E-state index contributed by atoms with van der Waals surface area (Å²) in [5.41, 5.74) is 3.22. The van der Waals surface area contributed by atoms with E-state index in [1.807, 2.05) is 72.3 Å². The van der Waals surface area contributed by atoms with Gasteiger partial charge >= 0.3 is 6.09 Å². The second-order valence-electron chi connectivity index (χ2n) is 7.19. The number of hydrogen-bond donors (Lipinski definition) is 1. The van der Waals surface area contributed by atoms with Crippen molar-refractivity contribution in [3.05, 3.63) is 71.3 Å². The van der Waals surface area contributed by atoms with Crippen molar-refractivity contribution in [1.29, 1.82) is 0 Å². The van der Waals surface area contributed by atoms with Crippen LogP contribution in [-0.4, -0.2) is 54.5 Å². The van der Waals surface area contributed by atoms with Crippen molar-refractivity contribution in [2.75, 3.05) is 26.7 Å². The first kappa shape index (κ1) is 19.9. The molecule has 1 heterocycles. The van der Waals surface area contributed by atoms with Crippen LogP contribution in [0.1, 0.15) is 16.7 Å². The molecule has 3 rings (SSSR count). The van der Waals surface area contributed by atoms with Crippen molar-refractivity contribution in [2.24, 2.45) is 0 Å². The highest BCUT2D eigenvalue weighted by Gasteiger charge is 2.32. The number of alkyl carbamates (subject to hydrolysis) is 1. The topological polar surface area (TPSA) is 61.9 Å². The van der Waals surface area contributed by atoms with E-state index in [-0.39, 0.29) is 25.1 Å². The fourth-order valence-corrected chi connectivity index (χ4v) is 3.33. The number of carbonyl (C=O) groups excluding carboxylic acids is 2. The molecule has 2 amide bonds. The van der Waals surface area contributed by atoms with Gasteiger partial charge in [0.05, 0.1) is 0 Å². The van der Waals surface area contributed by atoms with Crippen LogP contribution in [-0.2, 0) is 22.7 Å². The Hall–Kier alpha value is -2.86. The van der Waals surface area contributed by atoms with Crippen LogP contribution < -0.4 is 5.32 Å². The van der Waals surface area contributed by atoms with Gasteiger partial charge in [0.25, 0.3) is 0 Å². The van der Waals surface area contributed by atoms with Crippen LogP contribution in [0.5, 0.6) is 0 Å². The SMILES string of the molecule is Cc1cccc(CN2CCN(C)C(CNC(=O)OCc3ccccc3)C2=O)c1. The molecule has 6 heteroatoms. The molecule has 1 saturated heterocycles. The highest BCUT2D eigenvalue weighted by Crippen LogP contribution is 2.14. The highest BCUT2D eigenvalue weighted by atomic mass is 16.5. The molecule has 0 aromatic heterocycles. The molecular formula is C22H27N3O3. The molecule has 0 aliphatic carbocycles. The lowest BCUT2D eigenvalue weighted by Gasteiger charge is -2.38. The average Bonchev–Trinajstić information content (AvgIpc) is 2.69. The van der Waals surface area contributed by atoms with Crippen LogP contribution in [0.15, 0.2) is 54.6 Å². The molecule has 0 spiro atoms. The summed E-state index contributed by atoms with van der Waals surface area (Å²) in [5, 5.41) is 2.73. The molecule has 1 aliphatic rings. The first-order chi connectivity index (χ1) is 13.5. The molecule has 2 aromatic rings. The third-order valence-electron chi connectivity index (χ3n) is 4.96. The van der Waals surface area contributed by atoms with E-state index in [9.17, 15) is 9.59 Å². The number of ether oxygens (including phenoxy) is 1. The number of nitrogens with zero attached hydrogens (tertiary/aromatic N) is 2. The summed E-state index contributed by atoms with van der Waals surface area (Å²) < 4.78 is 5.23. The van der Waals surface area contributed by atoms with Gasteiger partial charge in [-0.2, -0.15) is 0 Å². The molecule has 148 valence electrons. The van der Waals surface area contributed by atoms with E-state index in [1.165, 1.54) is 5.56 Å². The number of likely N-dealkylation sites (N-methyl/N-ethyl adjacent to an activating group) is 1. The first-order valence-electron chi connectivity index (χ1n) is 9.52. The number of amides is 2. The number of nitrogens with one attached hydrogen (secondary N) is 1. The zero-order valence-electron chi connectivity index (χ0n) is 16.4. The Labute approximate surface area is 166 Å². The van der Waals surface area contributed by atoms with Crippen molar-refractivity contribution < 1.29 is 14.3 Å². The van der Waals surface area contributed by atoms with Crippen molar-refractivity contribution in [1.82, 2.24) is 15.1 Å². The number of piperazine rings is 1. The normalized spacial score (nSPS) is 17.4. The Morgan fingerprint density at radius 2 is 1.86 bits per heavy atom. The lowest BCUT2D eigenvalue weighted by molar-refractivity contribution is -0.141. The minimum atomic E-state index is -0.513. The number of benzene rings is 2. The Bertz CT molecular complexity index is 810. The fourth-order valence-electron chi connectivity index (χ4n) is 3.33. The van der Waals surface area contributed by atoms with Crippen LogP contribution >= 0.6 is 0 Å². The summed E-state index contributed by atoms with van der Waals surface area (Å²) in [4.78, 5) is 28.8. The van der Waals surface area contributed by atoms with Crippen LogP contribution in [0.2, 0.25) is 0 Å². The van der Waals surface area contributed by atoms with Crippen LogP contribution in [0, 0.1) is 6.92 Å². The van der Waals surface area contributed by atoms with Crippen molar-refractivity contribution in [3.8, 4) is 0 Å². The largest absolute Gasteiger partial charge is 0.445 e. The third kappa shape index (κ3) is 5.33. The van der Waals surface area contributed by atoms with Gasteiger partial charge in [-0.15, -0.1) is 0 Å². The van der Waals surface area contributed by atoms with Gasteiger partial charge in [0.2, 0.25) is 5.91 Å². The van der Waals surface area contributed by atoms with Gasteiger partial charge in [0.15, 0.2) is 0 Å². The standard InChI is InChI=1S/C22H27N3O3/c1-17-7-6-10-19(13-17)15-25-12-11-24(2)20(21(25)26)14-23-22(27)28-16-18-8-4-3-5-9-18/h3-10,13,20H,11-12,14-16H2,1-2H3,(H,23,27). The Morgan fingerprint density at radius 1 is 1.11 bits per heavy atom. The van der Waals surface area contributed by atoms with Crippen molar-refractivity contribution in [3.63, 3.8) is 0 Å². The molecule has 0 radical (unpaired) electrons. The lowest BCUT2D eigenvalue weighted by Crippen LogP contribution is -2.58. The predicted octanol–water partition coefficient (Wildman–Crippen LogP) is 2.56. The maximum Gasteiger partial charge on any atom is 0.407 e. The maximum atomic E-state index is 12.9. The van der Waals surface area contributed by atoms with Crippen LogP contribution in [0.25, 0.3) is 0 Å². The van der Waals surface area contributed by atoms with E-state index in [0.29, 0.717) is 13.1 Å². The molecule has 28 heavy (non-hydrogen) atoms. The predicted molar refractivity (Wildman–Crippen MR) is 108 cm³/mol. The Balaban J connectivity index is 1.51. The number of carbonyl (C=O) groups is 2. The number of aryl methyl sites for hydroxylation is 1. The average molecular weight is 381 g/mol. The molecule has 0 saturated carbocycles. The molecule has 1 atom stereocenters. The van der Waals surface area contributed by atoms with E-state index in [0.717, 1.165) is 17.7 Å². The summed E-state index contributed by atoms with van der Waals surface area (Å²) in [7, 11) is 1.91. The van der Waals surface area contributed by atoms with Gasteiger partial charge in [-0.3, -0.25) is 9.69 Å². The Morgan fingerprint density at radius 3 is 2.61 bits per heavy atom. The fraction of sp³-hybridized carbons (Fsp3) is 0.364. The van der Waals surface area contributed by atoms with Crippen LogP contribution in [0.4, 0.5) is 4.79 Å². The summed E-state index contributed by atoms with van der Waals surface area (Å²) in [5.74, 6) is 0.0265. The monoisotopic (exact) mass is 381 g/mol. The van der Waals surface area contributed by atoms with E-state index in [2.05, 4.69) is 11.4 Å². The van der Waals surface area contributed by atoms with E-state index in [4.69, 9.17) is 4.74 Å². The zero-order valence-corrected chi connectivity index (χ0v) is 16.4. The smallest absolute Gasteiger partial charge is 0.407 e.